The molecule has 170 valence electrons. The lowest BCUT2D eigenvalue weighted by atomic mass is 10.1. The van der Waals surface area contributed by atoms with Gasteiger partial charge in [0.1, 0.15) is 16.5 Å². The van der Waals surface area contributed by atoms with Gasteiger partial charge in [0.15, 0.2) is 5.54 Å². The Labute approximate surface area is 189 Å². The van der Waals surface area contributed by atoms with Gasteiger partial charge in [0.2, 0.25) is 5.28 Å². The minimum Gasteiger partial charge on any atom is -0.472 e. The van der Waals surface area contributed by atoms with Crippen molar-refractivity contribution in [3.05, 3.63) is 32.3 Å². The second-order valence-corrected chi connectivity index (χ2v) is 7.75. The monoisotopic (exact) mass is 474 g/mol. The van der Waals surface area contributed by atoms with Crippen molar-refractivity contribution < 1.29 is 19.2 Å². The number of nitrogens with one attached hydrogen (secondary N) is 1. The van der Waals surface area contributed by atoms with Gasteiger partial charge in [-0.2, -0.15) is 4.98 Å². The highest BCUT2D eigenvalue weighted by Gasteiger charge is 2.38. The first-order valence-corrected chi connectivity index (χ1v) is 10.3. The van der Waals surface area contributed by atoms with Crippen molar-refractivity contribution in [2.24, 2.45) is 0 Å². The standard InChI is InChI=1S/C18H24Cl2N6O5/c1-5-30-16(27)18(3,4)25-11(2)13(26(28)29)15(24-25)31-9-7-6-8-21-14-12(19)10-22-17(20)23-14/h10H,5-9H2,1-4H3,(H,21,22,23). The van der Waals surface area contributed by atoms with Gasteiger partial charge in [0.25, 0.3) is 0 Å². The Morgan fingerprint density at radius 3 is 2.71 bits per heavy atom. The highest BCUT2D eigenvalue weighted by atomic mass is 35.5. The molecule has 0 aliphatic carbocycles. The van der Waals surface area contributed by atoms with Gasteiger partial charge >= 0.3 is 17.5 Å². The molecule has 0 bridgehead atoms. The van der Waals surface area contributed by atoms with Crippen LogP contribution >= 0.6 is 23.2 Å². The summed E-state index contributed by atoms with van der Waals surface area (Å²) in [5.41, 5.74) is -1.30. The van der Waals surface area contributed by atoms with E-state index in [9.17, 15) is 14.9 Å². The maximum Gasteiger partial charge on any atom is 0.353 e. The molecule has 0 aliphatic rings. The number of carbonyl (C=O) groups excluding carboxylic acids is 1. The minimum absolute atomic E-state index is 0.0826. The number of aromatic nitrogens is 4. The van der Waals surface area contributed by atoms with Crippen molar-refractivity contribution >= 4 is 40.7 Å². The molecular formula is C18H24Cl2N6O5. The Balaban J connectivity index is 1.99. The van der Waals surface area contributed by atoms with Crippen LogP contribution in [0.25, 0.3) is 0 Å². The van der Waals surface area contributed by atoms with Crippen LogP contribution in [0, 0.1) is 17.0 Å². The van der Waals surface area contributed by atoms with E-state index in [2.05, 4.69) is 20.4 Å². The molecule has 11 nitrogen and oxygen atoms in total. The molecule has 0 aromatic carbocycles. The van der Waals surface area contributed by atoms with E-state index in [4.69, 9.17) is 32.7 Å². The van der Waals surface area contributed by atoms with E-state index in [-0.39, 0.29) is 35.8 Å². The van der Waals surface area contributed by atoms with Gasteiger partial charge in [-0.1, -0.05) is 11.6 Å². The molecule has 0 aliphatic heterocycles. The third-order valence-electron chi connectivity index (χ3n) is 4.36. The van der Waals surface area contributed by atoms with Crippen LogP contribution in [0.3, 0.4) is 0 Å². The summed E-state index contributed by atoms with van der Waals surface area (Å²) in [4.78, 5) is 31.0. The van der Waals surface area contributed by atoms with Gasteiger partial charge in [-0.15, -0.1) is 5.10 Å². The van der Waals surface area contributed by atoms with Crippen LogP contribution < -0.4 is 10.1 Å². The van der Waals surface area contributed by atoms with Crippen molar-refractivity contribution in [3.63, 3.8) is 0 Å². The number of nitro groups is 1. The van der Waals surface area contributed by atoms with Gasteiger partial charge in [0.05, 0.1) is 24.3 Å². The van der Waals surface area contributed by atoms with Crippen LogP contribution in [-0.4, -0.2) is 50.4 Å². The van der Waals surface area contributed by atoms with Crippen LogP contribution in [-0.2, 0) is 15.1 Å². The molecule has 0 radical (unpaired) electrons. The van der Waals surface area contributed by atoms with Gasteiger partial charge in [0, 0.05) is 6.54 Å². The number of ether oxygens (including phenoxy) is 2. The first kappa shape index (κ1) is 24.6. The maximum atomic E-state index is 12.3. The summed E-state index contributed by atoms with van der Waals surface area (Å²) in [7, 11) is 0. The second kappa shape index (κ2) is 10.6. The minimum atomic E-state index is -1.23. The highest BCUT2D eigenvalue weighted by molar-refractivity contribution is 6.33. The molecule has 0 saturated carbocycles. The molecular weight excluding hydrogens is 451 g/mol. The van der Waals surface area contributed by atoms with Crippen molar-refractivity contribution in [1.29, 1.82) is 0 Å². The van der Waals surface area contributed by atoms with Crippen LogP contribution in [0.1, 0.15) is 39.3 Å². The fourth-order valence-electron chi connectivity index (χ4n) is 2.79. The lowest BCUT2D eigenvalue weighted by Gasteiger charge is -2.23. The molecule has 2 heterocycles. The SMILES string of the molecule is CCOC(=O)C(C)(C)n1nc(OCCCCNc2nc(Cl)ncc2Cl)c([N+](=O)[O-])c1C. The summed E-state index contributed by atoms with van der Waals surface area (Å²) < 4.78 is 11.9. The number of unbranched alkanes of at least 4 members (excludes halogenated alkanes) is 1. The molecule has 0 amide bonds. The normalized spacial score (nSPS) is 11.3. The molecule has 1 N–H and O–H groups in total. The second-order valence-electron chi connectivity index (χ2n) is 7.01. The summed E-state index contributed by atoms with van der Waals surface area (Å²) in [6.45, 7) is 7.26. The maximum absolute atomic E-state index is 12.3. The molecule has 2 aromatic rings. The van der Waals surface area contributed by atoms with Gasteiger partial charge in [-0.05, 0) is 52.1 Å². The zero-order valence-corrected chi connectivity index (χ0v) is 19.2. The molecule has 2 rings (SSSR count). The molecule has 0 saturated heterocycles. The first-order chi connectivity index (χ1) is 14.6. The smallest absolute Gasteiger partial charge is 0.353 e. The molecule has 0 atom stereocenters. The Kier molecular flexibility index (Phi) is 8.40. The van der Waals surface area contributed by atoms with E-state index in [0.717, 1.165) is 0 Å². The summed E-state index contributed by atoms with van der Waals surface area (Å²) in [5, 5.41) is 19.2. The average molecular weight is 475 g/mol. The largest absolute Gasteiger partial charge is 0.472 e. The number of rotatable bonds is 11. The number of anilines is 1. The lowest BCUT2D eigenvalue weighted by molar-refractivity contribution is -0.386. The third-order valence-corrected chi connectivity index (χ3v) is 4.82. The molecule has 0 fully saturated rings. The molecule has 0 spiro atoms. The van der Waals surface area contributed by atoms with E-state index in [1.807, 2.05) is 0 Å². The zero-order valence-electron chi connectivity index (χ0n) is 17.6. The fourth-order valence-corrected chi connectivity index (χ4v) is 3.08. The Bertz CT molecular complexity index is 950. The van der Waals surface area contributed by atoms with Crippen molar-refractivity contribution in [2.45, 2.75) is 46.1 Å². The summed E-state index contributed by atoms with van der Waals surface area (Å²) in [6, 6.07) is 0. The first-order valence-electron chi connectivity index (χ1n) is 9.56. The molecule has 0 unspecified atom stereocenters. The number of carbonyl (C=O) groups is 1. The number of hydrogen-bond acceptors (Lipinski definition) is 9. The van der Waals surface area contributed by atoms with Gasteiger partial charge in [-0.25, -0.2) is 14.5 Å². The van der Waals surface area contributed by atoms with Gasteiger partial charge < -0.3 is 14.8 Å². The predicted octanol–water partition coefficient (Wildman–Crippen LogP) is 3.77. The fraction of sp³-hybridized carbons (Fsp3) is 0.556. The van der Waals surface area contributed by atoms with E-state index in [1.165, 1.54) is 17.8 Å². The van der Waals surface area contributed by atoms with Crippen LogP contribution in [0.2, 0.25) is 10.3 Å². The molecule has 13 heteroatoms. The molecule has 2 aromatic heterocycles. The third kappa shape index (κ3) is 5.95. The average Bonchev–Trinajstić information content (AvgIpc) is 3.04. The number of esters is 1. The van der Waals surface area contributed by atoms with E-state index in [0.29, 0.717) is 30.2 Å². The Morgan fingerprint density at radius 2 is 2.06 bits per heavy atom. The number of halogens is 2. The van der Waals surface area contributed by atoms with Crippen LogP contribution in [0.5, 0.6) is 5.88 Å². The van der Waals surface area contributed by atoms with Gasteiger partial charge in [-0.3, -0.25) is 10.1 Å². The lowest BCUT2D eigenvalue weighted by Crippen LogP contribution is -2.39. The Morgan fingerprint density at radius 1 is 1.35 bits per heavy atom. The molecule has 31 heavy (non-hydrogen) atoms. The van der Waals surface area contributed by atoms with Crippen LogP contribution in [0.4, 0.5) is 11.5 Å². The summed E-state index contributed by atoms with van der Waals surface area (Å²) in [6.07, 6.45) is 2.64. The van der Waals surface area contributed by atoms with Crippen molar-refractivity contribution in [3.8, 4) is 5.88 Å². The van der Waals surface area contributed by atoms with E-state index in [1.54, 1.807) is 20.8 Å². The summed E-state index contributed by atoms with van der Waals surface area (Å²) >= 11 is 11.7. The number of hydrogen-bond donors (Lipinski definition) is 1. The van der Waals surface area contributed by atoms with Crippen molar-refractivity contribution in [1.82, 2.24) is 19.7 Å². The predicted molar refractivity (Wildman–Crippen MR) is 115 cm³/mol. The summed E-state index contributed by atoms with van der Waals surface area (Å²) in [5.74, 6) is -0.260. The quantitative estimate of drug-likeness (QED) is 0.169. The van der Waals surface area contributed by atoms with Crippen LogP contribution in [0.15, 0.2) is 6.20 Å². The van der Waals surface area contributed by atoms with Crippen molar-refractivity contribution in [2.75, 3.05) is 25.1 Å². The van der Waals surface area contributed by atoms with E-state index >= 15 is 0 Å². The van der Waals surface area contributed by atoms with E-state index < -0.39 is 16.4 Å². The highest BCUT2D eigenvalue weighted by Crippen LogP contribution is 2.33. The Hall–Kier alpha value is -2.66. The zero-order chi connectivity index (χ0) is 23.2. The number of nitrogens with zero attached hydrogens (tertiary/aromatic N) is 5. The topological polar surface area (TPSA) is 134 Å².